The molecule has 6 heteroatoms. The summed E-state index contributed by atoms with van der Waals surface area (Å²) in [5.74, 6) is 0.236. The summed E-state index contributed by atoms with van der Waals surface area (Å²) < 4.78 is 12.9. The molecule has 2 rings (SSSR count). The first kappa shape index (κ1) is 20.0. The molecule has 0 aliphatic rings. The van der Waals surface area contributed by atoms with Crippen LogP contribution in [0.4, 0.5) is 10.1 Å². The number of anilines is 1. The zero-order valence-electron chi connectivity index (χ0n) is 14.8. The van der Waals surface area contributed by atoms with E-state index in [4.69, 9.17) is 0 Å². The third-order valence-electron chi connectivity index (χ3n) is 3.68. The lowest BCUT2D eigenvalue weighted by Crippen LogP contribution is -2.26. The summed E-state index contributed by atoms with van der Waals surface area (Å²) in [7, 11) is 0. The average molecular weight is 374 g/mol. The number of benzene rings is 2. The van der Waals surface area contributed by atoms with E-state index in [2.05, 4.69) is 17.6 Å². The van der Waals surface area contributed by atoms with Crippen molar-refractivity contribution in [1.29, 1.82) is 0 Å². The van der Waals surface area contributed by atoms with Crippen LogP contribution in [0.3, 0.4) is 0 Å². The molecule has 0 unspecified atom stereocenters. The number of nitrogens with one attached hydrogen (secondary N) is 2. The number of unbranched alkanes of at least 4 members (excludes halogenated alkanes) is 1. The van der Waals surface area contributed by atoms with Gasteiger partial charge in [-0.15, -0.1) is 11.8 Å². The highest BCUT2D eigenvalue weighted by molar-refractivity contribution is 7.99. The highest BCUT2D eigenvalue weighted by atomic mass is 32.2. The average Bonchev–Trinajstić information content (AvgIpc) is 2.64. The second kappa shape index (κ2) is 10.6. The van der Waals surface area contributed by atoms with Crippen molar-refractivity contribution in [3.05, 3.63) is 65.5 Å². The lowest BCUT2D eigenvalue weighted by Gasteiger charge is -2.11. The fraction of sp³-hybridized carbons (Fsp3) is 0.300. The molecular weight excluding hydrogens is 351 g/mol. The molecule has 0 saturated carbocycles. The Balaban J connectivity index is 1.86. The molecule has 138 valence electrons. The van der Waals surface area contributed by atoms with Crippen molar-refractivity contribution in [2.24, 2.45) is 0 Å². The fourth-order valence-electron chi connectivity index (χ4n) is 2.29. The summed E-state index contributed by atoms with van der Waals surface area (Å²) in [5.41, 5.74) is 1.93. The second-order valence-corrected chi connectivity index (χ2v) is 6.81. The molecule has 0 fully saturated rings. The molecule has 4 nitrogen and oxygen atoms in total. The molecular formula is C20H23FN2O2S. The molecule has 2 amide bonds. The highest BCUT2D eigenvalue weighted by Crippen LogP contribution is 2.17. The summed E-state index contributed by atoms with van der Waals surface area (Å²) in [6, 6.07) is 13.2. The maximum absolute atomic E-state index is 12.9. The van der Waals surface area contributed by atoms with Crippen LogP contribution in [0.2, 0.25) is 0 Å². The van der Waals surface area contributed by atoms with Crippen LogP contribution in [-0.4, -0.2) is 24.1 Å². The molecule has 2 aromatic rings. The van der Waals surface area contributed by atoms with Gasteiger partial charge in [0, 0.05) is 12.3 Å². The minimum absolute atomic E-state index is 0.175. The van der Waals surface area contributed by atoms with Gasteiger partial charge in [0.25, 0.3) is 5.91 Å². The maximum atomic E-state index is 12.9. The number of carbonyl (C=O) groups excluding carboxylic acids is 2. The number of rotatable bonds is 9. The van der Waals surface area contributed by atoms with Crippen LogP contribution in [0.15, 0.2) is 48.5 Å². The van der Waals surface area contributed by atoms with Crippen LogP contribution in [-0.2, 0) is 10.5 Å². The van der Waals surface area contributed by atoms with E-state index < -0.39 is 0 Å². The molecule has 0 saturated heterocycles. The monoisotopic (exact) mass is 374 g/mol. The van der Waals surface area contributed by atoms with E-state index in [0.717, 1.165) is 18.4 Å². The predicted octanol–water partition coefficient (Wildman–Crippen LogP) is 4.23. The number of para-hydroxylation sites is 1. The zero-order valence-corrected chi connectivity index (χ0v) is 15.6. The van der Waals surface area contributed by atoms with Crippen molar-refractivity contribution in [2.75, 3.05) is 17.6 Å². The Labute approximate surface area is 157 Å². The molecule has 0 aromatic heterocycles. The third kappa shape index (κ3) is 6.52. The van der Waals surface area contributed by atoms with Crippen molar-refractivity contribution in [3.8, 4) is 0 Å². The van der Waals surface area contributed by atoms with Crippen molar-refractivity contribution < 1.29 is 14.0 Å². The Kier molecular flexibility index (Phi) is 8.15. The van der Waals surface area contributed by atoms with Gasteiger partial charge in [0.15, 0.2) is 0 Å². The van der Waals surface area contributed by atoms with Crippen LogP contribution < -0.4 is 10.6 Å². The van der Waals surface area contributed by atoms with E-state index in [-0.39, 0.29) is 23.4 Å². The summed E-state index contributed by atoms with van der Waals surface area (Å²) >= 11 is 1.44. The minimum atomic E-state index is -0.273. The van der Waals surface area contributed by atoms with Gasteiger partial charge >= 0.3 is 0 Å². The Bertz CT molecular complexity index is 735. The van der Waals surface area contributed by atoms with Crippen molar-refractivity contribution in [3.63, 3.8) is 0 Å². The molecule has 26 heavy (non-hydrogen) atoms. The highest BCUT2D eigenvalue weighted by Gasteiger charge is 2.12. The van der Waals surface area contributed by atoms with Crippen LogP contribution in [0, 0.1) is 5.82 Å². The van der Waals surface area contributed by atoms with Gasteiger partial charge < -0.3 is 10.6 Å². The predicted molar refractivity (Wildman–Crippen MR) is 105 cm³/mol. The SMILES string of the molecule is CCCCNC(=O)c1ccccc1NC(=O)CSCc1ccc(F)cc1. The first-order valence-corrected chi connectivity index (χ1v) is 9.75. The fourth-order valence-corrected chi connectivity index (χ4v) is 3.08. The summed E-state index contributed by atoms with van der Waals surface area (Å²) in [5, 5.41) is 5.65. The molecule has 2 aromatic carbocycles. The zero-order chi connectivity index (χ0) is 18.8. The normalized spacial score (nSPS) is 10.4. The lowest BCUT2D eigenvalue weighted by atomic mass is 10.1. The minimum Gasteiger partial charge on any atom is -0.352 e. The van der Waals surface area contributed by atoms with Crippen LogP contribution in [0.5, 0.6) is 0 Å². The van der Waals surface area contributed by atoms with E-state index in [9.17, 15) is 14.0 Å². The number of amides is 2. The standard InChI is InChI=1S/C20H23FN2O2S/c1-2-3-12-22-20(25)17-6-4-5-7-18(17)23-19(24)14-26-13-15-8-10-16(21)11-9-15/h4-11H,2-3,12-14H2,1H3,(H,22,25)(H,23,24). The third-order valence-corrected chi connectivity index (χ3v) is 4.68. The van der Waals surface area contributed by atoms with Gasteiger partial charge in [-0.3, -0.25) is 9.59 Å². The smallest absolute Gasteiger partial charge is 0.253 e. The summed E-state index contributed by atoms with van der Waals surface area (Å²) in [6.45, 7) is 2.68. The largest absolute Gasteiger partial charge is 0.352 e. The van der Waals surface area contributed by atoms with Gasteiger partial charge in [0.1, 0.15) is 5.82 Å². The first-order chi connectivity index (χ1) is 12.6. The van der Waals surface area contributed by atoms with Crippen molar-refractivity contribution in [2.45, 2.75) is 25.5 Å². The summed E-state index contributed by atoms with van der Waals surface area (Å²) in [6.07, 6.45) is 1.92. The quantitative estimate of drug-likeness (QED) is 0.646. The van der Waals surface area contributed by atoms with Crippen LogP contribution in [0.25, 0.3) is 0 Å². The van der Waals surface area contributed by atoms with Gasteiger partial charge in [-0.1, -0.05) is 37.6 Å². The van der Waals surface area contributed by atoms with Crippen molar-refractivity contribution >= 4 is 29.3 Å². The Hall–Kier alpha value is -2.34. The van der Waals surface area contributed by atoms with Gasteiger partial charge in [-0.05, 0) is 36.2 Å². The van der Waals surface area contributed by atoms with Gasteiger partial charge in [-0.25, -0.2) is 4.39 Å². The molecule has 0 atom stereocenters. The topological polar surface area (TPSA) is 58.2 Å². The van der Waals surface area contributed by atoms with Crippen molar-refractivity contribution in [1.82, 2.24) is 5.32 Å². The molecule has 0 spiro atoms. The maximum Gasteiger partial charge on any atom is 0.253 e. The number of hydrogen-bond acceptors (Lipinski definition) is 3. The van der Waals surface area contributed by atoms with Crippen LogP contribution in [0.1, 0.15) is 35.7 Å². The molecule has 0 aliphatic heterocycles. The molecule has 0 aliphatic carbocycles. The van der Waals surface area contributed by atoms with Crippen LogP contribution >= 0.6 is 11.8 Å². The van der Waals surface area contributed by atoms with E-state index in [1.54, 1.807) is 36.4 Å². The molecule has 2 N–H and O–H groups in total. The molecule has 0 radical (unpaired) electrons. The summed E-state index contributed by atoms with van der Waals surface area (Å²) in [4.78, 5) is 24.4. The number of carbonyl (C=O) groups is 2. The van der Waals surface area contributed by atoms with E-state index >= 15 is 0 Å². The van der Waals surface area contributed by atoms with E-state index in [1.807, 2.05) is 0 Å². The van der Waals surface area contributed by atoms with E-state index in [1.165, 1.54) is 23.9 Å². The number of halogens is 1. The Morgan fingerprint density at radius 2 is 1.81 bits per heavy atom. The Morgan fingerprint density at radius 1 is 1.08 bits per heavy atom. The van der Waals surface area contributed by atoms with Gasteiger partial charge in [0.05, 0.1) is 17.0 Å². The number of hydrogen-bond donors (Lipinski definition) is 2. The molecule has 0 bridgehead atoms. The second-order valence-electron chi connectivity index (χ2n) is 5.82. The van der Waals surface area contributed by atoms with Gasteiger partial charge in [-0.2, -0.15) is 0 Å². The Morgan fingerprint density at radius 3 is 2.54 bits per heavy atom. The lowest BCUT2D eigenvalue weighted by molar-refractivity contribution is -0.113. The molecule has 0 heterocycles. The van der Waals surface area contributed by atoms with Gasteiger partial charge in [0.2, 0.25) is 5.91 Å². The number of thioether (sulfide) groups is 1. The first-order valence-electron chi connectivity index (χ1n) is 8.59. The van der Waals surface area contributed by atoms with E-state index in [0.29, 0.717) is 23.5 Å².